The van der Waals surface area contributed by atoms with Gasteiger partial charge in [-0.3, -0.25) is 0 Å². The summed E-state index contributed by atoms with van der Waals surface area (Å²) < 4.78 is 36.4. The number of nitrogens with two attached hydrogens (primary N) is 1. The number of nitrogen functional groups attached to an aromatic ring is 1. The molecule has 0 radical (unpaired) electrons. The predicted molar refractivity (Wildman–Crippen MR) is 44.3 cm³/mol. The third-order valence-corrected chi connectivity index (χ3v) is 1.67. The molecule has 0 fully saturated rings. The van der Waals surface area contributed by atoms with E-state index in [1.165, 1.54) is 6.07 Å². The Kier molecular flexibility index (Phi) is 2.04. The molecule has 0 saturated carbocycles. The van der Waals surface area contributed by atoms with Crippen molar-refractivity contribution in [3.8, 4) is 0 Å². The van der Waals surface area contributed by atoms with E-state index >= 15 is 0 Å². The Hall–Kier alpha value is -1.13. The molecule has 12 heavy (non-hydrogen) atoms. The van der Waals surface area contributed by atoms with Crippen LogP contribution in [0.2, 0.25) is 0 Å². The summed E-state index contributed by atoms with van der Waals surface area (Å²) in [7, 11) is 0. The van der Waals surface area contributed by atoms with Gasteiger partial charge in [0.25, 0.3) is 0 Å². The van der Waals surface area contributed by atoms with E-state index in [2.05, 4.69) is 0 Å². The van der Waals surface area contributed by atoms with Crippen LogP contribution in [0.1, 0.15) is 5.56 Å². The van der Waals surface area contributed by atoms with Gasteiger partial charge in [0.2, 0.25) is 0 Å². The van der Waals surface area contributed by atoms with Crippen LogP contribution in [-0.4, -0.2) is 6.98 Å². The molecule has 1 aromatic carbocycles. The van der Waals surface area contributed by atoms with Crippen LogP contribution >= 0.6 is 0 Å². The third-order valence-electron chi connectivity index (χ3n) is 1.67. The van der Waals surface area contributed by atoms with Gasteiger partial charge in [-0.25, -0.2) is 0 Å². The maximum absolute atomic E-state index is 12.1. The molecule has 0 spiro atoms. The first-order chi connectivity index (χ1) is 5.41. The highest BCUT2D eigenvalue weighted by atomic mass is 19.4. The molecular formula is C7H8BF3N-. The smallest absolute Gasteiger partial charge is 0.445 e. The lowest BCUT2D eigenvalue weighted by molar-refractivity contribution is 0.501. The average Bonchev–Trinajstić information content (AvgIpc) is 1.92. The SMILES string of the molecule is Cc1cc([B-](F)(F)F)ccc1N. The van der Waals surface area contributed by atoms with Gasteiger partial charge in [-0.1, -0.05) is 12.1 Å². The van der Waals surface area contributed by atoms with Crippen molar-refractivity contribution in [3.05, 3.63) is 23.8 Å². The van der Waals surface area contributed by atoms with Crippen molar-refractivity contribution >= 4 is 18.1 Å². The van der Waals surface area contributed by atoms with Crippen LogP contribution in [0.3, 0.4) is 0 Å². The Morgan fingerprint density at radius 1 is 1.25 bits per heavy atom. The van der Waals surface area contributed by atoms with Crippen molar-refractivity contribution in [1.82, 2.24) is 0 Å². The summed E-state index contributed by atoms with van der Waals surface area (Å²) in [6, 6.07) is 3.34. The number of hydrogen-bond donors (Lipinski definition) is 1. The van der Waals surface area contributed by atoms with Gasteiger partial charge < -0.3 is 18.7 Å². The summed E-state index contributed by atoms with van der Waals surface area (Å²) in [5, 5.41) is 0. The molecule has 1 nitrogen and oxygen atoms in total. The predicted octanol–water partition coefficient (Wildman–Crippen LogP) is 1.63. The maximum atomic E-state index is 12.1. The summed E-state index contributed by atoms with van der Waals surface area (Å²) in [4.78, 5) is 0. The Bertz CT molecular complexity index is 295. The van der Waals surface area contributed by atoms with Crippen LogP contribution < -0.4 is 11.2 Å². The van der Waals surface area contributed by atoms with E-state index in [4.69, 9.17) is 5.73 Å². The molecule has 0 bridgehead atoms. The normalized spacial score (nSPS) is 11.7. The molecule has 0 aliphatic heterocycles. The highest BCUT2D eigenvalue weighted by Crippen LogP contribution is 2.13. The zero-order valence-corrected chi connectivity index (χ0v) is 6.52. The minimum atomic E-state index is -4.89. The van der Waals surface area contributed by atoms with Crippen molar-refractivity contribution in [2.75, 3.05) is 5.73 Å². The van der Waals surface area contributed by atoms with E-state index in [-0.39, 0.29) is 0 Å². The molecule has 0 aliphatic rings. The Morgan fingerprint density at radius 3 is 2.25 bits per heavy atom. The van der Waals surface area contributed by atoms with Gasteiger partial charge in [-0.05, 0) is 18.6 Å². The molecule has 0 heterocycles. The van der Waals surface area contributed by atoms with Gasteiger partial charge in [-0.15, -0.1) is 5.46 Å². The van der Waals surface area contributed by atoms with E-state index in [1.807, 2.05) is 0 Å². The molecular weight excluding hydrogens is 166 g/mol. The van der Waals surface area contributed by atoms with E-state index in [0.29, 0.717) is 11.3 Å². The van der Waals surface area contributed by atoms with Crippen LogP contribution in [0.15, 0.2) is 18.2 Å². The molecule has 5 heteroatoms. The van der Waals surface area contributed by atoms with E-state index in [9.17, 15) is 12.9 Å². The van der Waals surface area contributed by atoms with Crippen LogP contribution in [0.4, 0.5) is 18.6 Å². The van der Waals surface area contributed by atoms with E-state index in [1.54, 1.807) is 6.92 Å². The lowest BCUT2D eigenvalue weighted by Crippen LogP contribution is -2.34. The average molecular weight is 174 g/mol. The summed E-state index contributed by atoms with van der Waals surface area (Å²) in [5.74, 6) is 0. The van der Waals surface area contributed by atoms with Gasteiger partial charge in [0.05, 0.1) is 0 Å². The molecule has 66 valence electrons. The third kappa shape index (κ3) is 1.72. The lowest BCUT2D eigenvalue weighted by atomic mass is 9.79. The minimum absolute atomic E-state index is 0.388. The molecule has 1 rings (SSSR count). The molecule has 1 aromatic rings. The number of rotatable bonds is 1. The van der Waals surface area contributed by atoms with Crippen LogP contribution in [-0.2, 0) is 0 Å². The summed E-state index contributed by atoms with van der Waals surface area (Å²) in [6.07, 6.45) is 0. The topological polar surface area (TPSA) is 26.0 Å². The van der Waals surface area contributed by atoms with Crippen LogP contribution in [0, 0.1) is 6.92 Å². The standard InChI is InChI=1S/C7H8BF3N/c1-5-4-6(8(9,10)11)2-3-7(5)12/h2-4H,12H2,1H3/q-1. The molecule has 0 unspecified atom stereocenters. The fourth-order valence-electron chi connectivity index (χ4n) is 0.902. The quantitative estimate of drug-likeness (QED) is 0.508. The van der Waals surface area contributed by atoms with Gasteiger partial charge in [0.1, 0.15) is 0 Å². The maximum Gasteiger partial charge on any atom is 0.509 e. The Balaban J connectivity index is 3.14. The Labute approximate surface area is 68.4 Å². The van der Waals surface area contributed by atoms with Gasteiger partial charge in [-0.2, -0.15) is 0 Å². The van der Waals surface area contributed by atoms with E-state index in [0.717, 1.165) is 12.1 Å². The summed E-state index contributed by atoms with van der Waals surface area (Å²) in [5.41, 5.74) is 5.63. The molecule has 0 atom stereocenters. The molecule has 0 amide bonds. The number of benzene rings is 1. The van der Waals surface area contributed by atoms with Gasteiger partial charge in [0.15, 0.2) is 0 Å². The second-order valence-electron chi connectivity index (χ2n) is 2.69. The van der Waals surface area contributed by atoms with Crippen molar-refractivity contribution in [3.63, 3.8) is 0 Å². The first-order valence-corrected chi connectivity index (χ1v) is 3.47. The van der Waals surface area contributed by atoms with Gasteiger partial charge in [0, 0.05) is 5.69 Å². The van der Waals surface area contributed by atoms with Crippen LogP contribution in [0.25, 0.3) is 0 Å². The lowest BCUT2D eigenvalue weighted by Gasteiger charge is -2.15. The highest BCUT2D eigenvalue weighted by molar-refractivity contribution is 6.73. The number of aryl methyl sites for hydroxylation is 1. The Morgan fingerprint density at radius 2 is 1.83 bits per heavy atom. The monoisotopic (exact) mass is 174 g/mol. The van der Waals surface area contributed by atoms with Crippen molar-refractivity contribution in [2.45, 2.75) is 6.92 Å². The van der Waals surface area contributed by atoms with E-state index < -0.39 is 12.4 Å². The zero-order chi connectivity index (χ0) is 9.35. The second-order valence-corrected chi connectivity index (χ2v) is 2.69. The molecule has 2 N–H and O–H groups in total. The summed E-state index contributed by atoms with van der Waals surface area (Å²) >= 11 is 0. The fraction of sp³-hybridized carbons (Fsp3) is 0.143. The second kappa shape index (κ2) is 2.73. The van der Waals surface area contributed by atoms with Crippen molar-refractivity contribution < 1.29 is 12.9 Å². The first kappa shape index (κ1) is 8.97. The number of anilines is 1. The largest absolute Gasteiger partial charge is 0.509 e. The molecule has 0 aliphatic carbocycles. The number of halogens is 3. The first-order valence-electron chi connectivity index (χ1n) is 3.47. The fourth-order valence-corrected chi connectivity index (χ4v) is 0.902. The highest BCUT2D eigenvalue weighted by Gasteiger charge is 2.25. The number of hydrogen-bond acceptors (Lipinski definition) is 1. The van der Waals surface area contributed by atoms with Crippen molar-refractivity contribution in [2.24, 2.45) is 0 Å². The molecule has 0 aromatic heterocycles. The van der Waals surface area contributed by atoms with Gasteiger partial charge >= 0.3 is 6.98 Å². The minimum Gasteiger partial charge on any atom is -0.445 e. The van der Waals surface area contributed by atoms with Crippen molar-refractivity contribution in [1.29, 1.82) is 0 Å². The molecule has 0 saturated heterocycles. The zero-order valence-electron chi connectivity index (χ0n) is 6.52. The van der Waals surface area contributed by atoms with Crippen LogP contribution in [0.5, 0.6) is 0 Å². The summed E-state index contributed by atoms with van der Waals surface area (Å²) in [6.45, 7) is -3.34.